The summed E-state index contributed by atoms with van der Waals surface area (Å²) in [6, 6.07) is 0. The number of hydrogen-bond acceptors (Lipinski definition) is 3. The third kappa shape index (κ3) is 1.72. The van der Waals surface area contributed by atoms with E-state index in [0.29, 0.717) is 13.1 Å². The number of hydrogen-bond donors (Lipinski definition) is 2. The molecule has 14 heavy (non-hydrogen) atoms. The van der Waals surface area contributed by atoms with Crippen molar-refractivity contribution in [1.29, 1.82) is 0 Å². The molecule has 5 nitrogen and oxygen atoms in total. The van der Waals surface area contributed by atoms with Crippen LogP contribution in [0.4, 0.5) is 0 Å². The summed E-state index contributed by atoms with van der Waals surface area (Å²) in [6.45, 7) is 5.64. The Morgan fingerprint density at radius 2 is 2.21 bits per heavy atom. The van der Waals surface area contributed by atoms with Gasteiger partial charge in [0.25, 0.3) is 5.91 Å². The Labute approximate surface area is 83.1 Å². The highest BCUT2D eigenvalue weighted by Gasteiger charge is 2.41. The number of aliphatic hydroxyl groups excluding tert-OH is 1. The molecule has 0 aliphatic carbocycles. The standard InChI is InChI=1S/C9H16N2O3/c1-6(12)7(13)11-5-4-10-8(14)9(11,2)3/h6,12H,4-5H2,1-3H3,(H,10,14). The van der Waals surface area contributed by atoms with Crippen molar-refractivity contribution in [3.63, 3.8) is 0 Å². The van der Waals surface area contributed by atoms with Gasteiger partial charge in [-0.15, -0.1) is 0 Å². The number of nitrogens with one attached hydrogen (secondary N) is 1. The minimum absolute atomic E-state index is 0.183. The summed E-state index contributed by atoms with van der Waals surface area (Å²) in [5, 5.41) is 11.9. The number of amides is 2. The highest BCUT2D eigenvalue weighted by Crippen LogP contribution is 2.18. The second-order valence-corrected chi connectivity index (χ2v) is 3.98. The van der Waals surface area contributed by atoms with Gasteiger partial charge in [0.15, 0.2) is 0 Å². The molecule has 0 saturated carbocycles. The van der Waals surface area contributed by atoms with E-state index in [9.17, 15) is 9.59 Å². The Kier molecular flexibility index (Phi) is 2.80. The van der Waals surface area contributed by atoms with Crippen LogP contribution in [0.5, 0.6) is 0 Å². The van der Waals surface area contributed by atoms with Crippen molar-refractivity contribution in [1.82, 2.24) is 10.2 Å². The first-order chi connectivity index (χ1) is 6.37. The molecular weight excluding hydrogens is 184 g/mol. The van der Waals surface area contributed by atoms with Crippen LogP contribution in [-0.4, -0.2) is 46.6 Å². The molecule has 5 heteroatoms. The molecule has 0 bridgehead atoms. The maximum absolute atomic E-state index is 11.6. The third-order valence-corrected chi connectivity index (χ3v) is 2.47. The summed E-state index contributed by atoms with van der Waals surface area (Å²) in [4.78, 5) is 24.4. The van der Waals surface area contributed by atoms with Gasteiger partial charge in [0.2, 0.25) is 5.91 Å². The van der Waals surface area contributed by atoms with Crippen molar-refractivity contribution in [2.75, 3.05) is 13.1 Å². The molecule has 1 fully saturated rings. The summed E-state index contributed by atoms with van der Waals surface area (Å²) in [5.74, 6) is -0.581. The number of aliphatic hydroxyl groups is 1. The third-order valence-electron chi connectivity index (χ3n) is 2.47. The Hall–Kier alpha value is -1.10. The van der Waals surface area contributed by atoms with E-state index >= 15 is 0 Å². The Balaban J connectivity index is 2.87. The van der Waals surface area contributed by atoms with Gasteiger partial charge in [0.1, 0.15) is 11.6 Å². The van der Waals surface area contributed by atoms with Gasteiger partial charge in [-0.3, -0.25) is 9.59 Å². The highest BCUT2D eigenvalue weighted by molar-refractivity contribution is 5.92. The smallest absolute Gasteiger partial charge is 0.252 e. The van der Waals surface area contributed by atoms with E-state index in [0.717, 1.165) is 0 Å². The molecule has 1 aliphatic heterocycles. The Morgan fingerprint density at radius 1 is 1.64 bits per heavy atom. The quantitative estimate of drug-likeness (QED) is 0.576. The molecule has 80 valence electrons. The second-order valence-electron chi connectivity index (χ2n) is 3.98. The maximum Gasteiger partial charge on any atom is 0.252 e. The number of rotatable bonds is 1. The monoisotopic (exact) mass is 200 g/mol. The molecule has 0 radical (unpaired) electrons. The van der Waals surface area contributed by atoms with Gasteiger partial charge in [-0.05, 0) is 20.8 Å². The first-order valence-electron chi connectivity index (χ1n) is 4.65. The average Bonchev–Trinajstić information content (AvgIpc) is 2.08. The van der Waals surface area contributed by atoms with Crippen LogP contribution in [0, 0.1) is 0 Å². The molecule has 2 N–H and O–H groups in total. The van der Waals surface area contributed by atoms with E-state index in [1.807, 2.05) is 0 Å². The van der Waals surface area contributed by atoms with Gasteiger partial charge >= 0.3 is 0 Å². The minimum Gasteiger partial charge on any atom is -0.384 e. The molecule has 1 unspecified atom stereocenters. The Bertz CT molecular complexity index is 261. The molecule has 1 aliphatic rings. The summed E-state index contributed by atoms with van der Waals surface area (Å²) in [6.07, 6.45) is -1.06. The predicted octanol–water partition coefficient (Wildman–Crippen LogP) is -0.896. The zero-order valence-corrected chi connectivity index (χ0v) is 8.70. The number of piperazine rings is 1. The van der Waals surface area contributed by atoms with Crippen molar-refractivity contribution < 1.29 is 14.7 Å². The van der Waals surface area contributed by atoms with Crippen LogP contribution in [0.1, 0.15) is 20.8 Å². The molecule has 0 aromatic rings. The normalized spacial score (nSPS) is 22.9. The molecule has 1 heterocycles. The predicted molar refractivity (Wildman–Crippen MR) is 50.5 cm³/mol. The highest BCUT2D eigenvalue weighted by atomic mass is 16.3. The molecular formula is C9H16N2O3. The summed E-state index contributed by atoms with van der Waals surface area (Å²) in [5.41, 5.74) is -0.869. The van der Waals surface area contributed by atoms with Crippen molar-refractivity contribution in [2.45, 2.75) is 32.4 Å². The van der Waals surface area contributed by atoms with E-state index < -0.39 is 17.6 Å². The van der Waals surface area contributed by atoms with E-state index in [1.54, 1.807) is 13.8 Å². The lowest BCUT2D eigenvalue weighted by atomic mass is 9.98. The van der Waals surface area contributed by atoms with Crippen LogP contribution in [0.25, 0.3) is 0 Å². The average molecular weight is 200 g/mol. The van der Waals surface area contributed by atoms with Gasteiger partial charge < -0.3 is 15.3 Å². The Morgan fingerprint density at radius 3 is 2.71 bits per heavy atom. The first-order valence-corrected chi connectivity index (χ1v) is 4.65. The van der Waals surface area contributed by atoms with Gasteiger partial charge in [-0.25, -0.2) is 0 Å². The lowest BCUT2D eigenvalue weighted by Crippen LogP contribution is -2.64. The molecule has 1 atom stereocenters. The summed E-state index contributed by atoms with van der Waals surface area (Å²) >= 11 is 0. The number of carbonyl (C=O) groups is 2. The zero-order chi connectivity index (χ0) is 10.9. The van der Waals surface area contributed by atoms with E-state index in [2.05, 4.69) is 5.32 Å². The van der Waals surface area contributed by atoms with Gasteiger partial charge in [-0.2, -0.15) is 0 Å². The second kappa shape index (κ2) is 3.57. The fourth-order valence-electron chi connectivity index (χ4n) is 1.51. The number of carbonyl (C=O) groups excluding carboxylic acids is 2. The summed E-state index contributed by atoms with van der Waals surface area (Å²) in [7, 11) is 0. The molecule has 0 aromatic heterocycles. The van der Waals surface area contributed by atoms with Crippen LogP contribution in [0.15, 0.2) is 0 Å². The first kappa shape index (κ1) is 11.0. The fourth-order valence-corrected chi connectivity index (χ4v) is 1.51. The van der Waals surface area contributed by atoms with Crippen molar-refractivity contribution in [2.24, 2.45) is 0 Å². The number of nitrogens with zero attached hydrogens (tertiary/aromatic N) is 1. The van der Waals surface area contributed by atoms with Crippen LogP contribution in [0.3, 0.4) is 0 Å². The van der Waals surface area contributed by atoms with Gasteiger partial charge in [0, 0.05) is 13.1 Å². The molecule has 1 saturated heterocycles. The topological polar surface area (TPSA) is 69.6 Å². The molecule has 2 amide bonds. The van der Waals surface area contributed by atoms with Crippen molar-refractivity contribution >= 4 is 11.8 Å². The summed E-state index contributed by atoms with van der Waals surface area (Å²) < 4.78 is 0. The van der Waals surface area contributed by atoms with E-state index in [-0.39, 0.29) is 5.91 Å². The SMILES string of the molecule is CC(O)C(=O)N1CCNC(=O)C1(C)C. The van der Waals surface area contributed by atoms with Crippen LogP contribution < -0.4 is 5.32 Å². The van der Waals surface area contributed by atoms with Crippen LogP contribution in [-0.2, 0) is 9.59 Å². The lowest BCUT2D eigenvalue weighted by Gasteiger charge is -2.41. The largest absolute Gasteiger partial charge is 0.384 e. The van der Waals surface area contributed by atoms with Crippen molar-refractivity contribution in [3.05, 3.63) is 0 Å². The maximum atomic E-state index is 11.6. The molecule has 1 rings (SSSR count). The van der Waals surface area contributed by atoms with Gasteiger partial charge in [0.05, 0.1) is 0 Å². The van der Waals surface area contributed by atoms with Crippen LogP contribution >= 0.6 is 0 Å². The van der Waals surface area contributed by atoms with Gasteiger partial charge in [-0.1, -0.05) is 0 Å². The lowest BCUT2D eigenvalue weighted by molar-refractivity contribution is -0.154. The molecule has 0 aromatic carbocycles. The van der Waals surface area contributed by atoms with Crippen LogP contribution in [0.2, 0.25) is 0 Å². The van der Waals surface area contributed by atoms with E-state index in [4.69, 9.17) is 5.11 Å². The zero-order valence-electron chi connectivity index (χ0n) is 8.70. The van der Waals surface area contributed by atoms with E-state index in [1.165, 1.54) is 11.8 Å². The minimum atomic E-state index is -1.06. The fraction of sp³-hybridized carbons (Fsp3) is 0.778. The van der Waals surface area contributed by atoms with Crippen molar-refractivity contribution in [3.8, 4) is 0 Å². The molecule has 0 spiro atoms.